The Morgan fingerprint density at radius 2 is 1.86 bits per heavy atom. The molecule has 1 amide bonds. The van der Waals surface area contributed by atoms with Crippen molar-refractivity contribution < 1.29 is 4.79 Å². The maximum atomic E-state index is 12.1. The summed E-state index contributed by atoms with van der Waals surface area (Å²) in [4.78, 5) is 12.1. The average Bonchev–Trinajstić information content (AvgIpc) is 3.20. The lowest BCUT2D eigenvalue weighted by molar-refractivity contribution is -0.117. The fraction of sp³-hybridized carbons (Fsp3) is 0.611. The molecule has 1 aliphatic carbocycles. The number of carbonyl (C=O) groups excluding carboxylic acids is 1. The van der Waals surface area contributed by atoms with Crippen LogP contribution in [0, 0.1) is 11.3 Å². The van der Waals surface area contributed by atoms with Gasteiger partial charge in [0.2, 0.25) is 5.91 Å². The maximum Gasteiger partial charge on any atom is 0.224 e. The zero-order valence-corrected chi connectivity index (χ0v) is 13.7. The van der Waals surface area contributed by atoms with Gasteiger partial charge in [0.15, 0.2) is 0 Å². The molecule has 3 heteroatoms. The maximum absolute atomic E-state index is 12.1. The third-order valence-electron chi connectivity index (χ3n) is 4.38. The molecule has 1 unspecified atom stereocenters. The molecule has 3 nitrogen and oxygen atoms in total. The molecule has 0 saturated heterocycles. The van der Waals surface area contributed by atoms with Crippen LogP contribution >= 0.6 is 0 Å². The number of benzene rings is 1. The first-order chi connectivity index (χ1) is 9.84. The van der Waals surface area contributed by atoms with Crippen molar-refractivity contribution in [2.45, 2.75) is 59.5 Å². The fourth-order valence-electron chi connectivity index (χ4n) is 2.05. The molecule has 1 atom stereocenters. The van der Waals surface area contributed by atoms with Crippen LogP contribution in [-0.2, 0) is 11.3 Å². The smallest absolute Gasteiger partial charge is 0.224 e. The van der Waals surface area contributed by atoms with E-state index in [1.54, 1.807) is 0 Å². The summed E-state index contributed by atoms with van der Waals surface area (Å²) < 4.78 is 0. The molecule has 0 aromatic heterocycles. The van der Waals surface area contributed by atoms with Gasteiger partial charge >= 0.3 is 0 Å². The van der Waals surface area contributed by atoms with Gasteiger partial charge in [0.05, 0.1) is 0 Å². The largest absolute Gasteiger partial charge is 0.326 e. The van der Waals surface area contributed by atoms with E-state index in [1.165, 1.54) is 18.4 Å². The van der Waals surface area contributed by atoms with Crippen molar-refractivity contribution in [3.63, 3.8) is 0 Å². The third kappa shape index (κ3) is 5.50. The van der Waals surface area contributed by atoms with Crippen molar-refractivity contribution in [3.8, 4) is 0 Å². The standard InChI is InChI=1S/C18H28N2O/c1-13(18(2,3)4)11-17(21)20-16-7-5-14(6-8-16)12-19-15-9-10-15/h5-8,13,15,19H,9-12H2,1-4H3,(H,20,21). The lowest BCUT2D eigenvalue weighted by Gasteiger charge is -2.26. The Labute approximate surface area is 128 Å². The summed E-state index contributed by atoms with van der Waals surface area (Å²) in [7, 11) is 0. The molecule has 0 radical (unpaired) electrons. The minimum Gasteiger partial charge on any atom is -0.326 e. The molecule has 0 spiro atoms. The molecule has 1 aromatic rings. The number of hydrogen-bond donors (Lipinski definition) is 2. The second kappa shape index (κ2) is 6.61. The Kier molecular flexibility index (Phi) is 5.04. The number of hydrogen-bond acceptors (Lipinski definition) is 2. The highest BCUT2D eigenvalue weighted by molar-refractivity contribution is 5.90. The molecule has 0 bridgehead atoms. The zero-order chi connectivity index (χ0) is 15.5. The van der Waals surface area contributed by atoms with Crippen molar-refractivity contribution >= 4 is 11.6 Å². The van der Waals surface area contributed by atoms with E-state index in [4.69, 9.17) is 0 Å². The number of anilines is 1. The summed E-state index contributed by atoms with van der Waals surface area (Å²) in [5.74, 6) is 0.459. The van der Waals surface area contributed by atoms with Gasteiger partial charge in [0.1, 0.15) is 0 Å². The van der Waals surface area contributed by atoms with Gasteiger partial charge in [-0.15, -0.1) is 0 Å². The van der Waals surface area contributed by atoms with Crippen LogP contribution in [0.25, 0.3) is 0 Å². The Bertz CT molecular complexity index is 469. The predicted octanol–water partition coefficient (Wildman–Crippen LogP) is 3.95. The molecule has 1 saturated carbocycles. The number of carbonyl (C=O) groups is 1. The molecule has 2 N–H and O–H groups in total. The lowest BCUT2D eigenvalue weighted by Crippen LogP contribution is -2.23. The van der Waals surface area contributed by atoms with Gasteiger partial charge in [0.25, 0.3) is 0 Å². The van der Waals surface area contributed by atoms with Crippen LogP contribution in [0.5, 0.6) is 0 Å². The van der Waals surface area contributed by atoms with Gasteiger partial charge in [-0.25, -0.2) is 0 Å². The summed E-state index contributed by atoms with van der Waals surface area (Å²) in [5.41, 5.74) is 2.31. The van der Waals surface area contributed by atoms with Crippen LogP contribution in [0.1, 0.15) is 52.5 Å². The molecule has 1 aromatic carbocycles. The molecule has 116 valence electrons. The highest BCUT2D eigenvalue weighted by Crippen LogP contribution is 2.28. The molecular weight excluding hydrogens is 260 g/mol. The molecule has 21 heavy (non-hydrogen) atoms. The Balaban J connectivity index is 1.80. The summed E-state index contributed by atoms with van der Waals surface area (Å²) >= 11 is 0. The van der Waals surface area contributed by atoms with E-state index in [9.17, 15) is 4.79 Å². The molecular formula is C18H28N2O. The molecule has 2 rings (SSSR count). The van der Waals surface area contributed by atoms with Crippen molar-refractivity contribution in [1.29, 1.82) is 0 Å². The van der Waals surface area contributed by atoms with Crippen LogP contribution < -0.4 is 10.6 Å². The minimum atomic E-state index is 0.0984. The second-order valence-corrected chi connectivity index (χ2v) is 7.37. The summed E-state index contributed by atoms with van der Waals surface area (Å²) in [6.07, 6.45) is 3.18. The summed E-state index contributed by atoms with van der Waals surface area (Å²) in [5, 5.41) is 6.48. The molecule has 1 aliphatic rings. The van der Waals surface area contributed by atoms with Crippen molar-refractivity contribution in [2.75, 3.05) is 5.32 Å². The number of amides is 1. The van der Waals surface area contributed by atoms with Gasteiger partial charge in [-0.05, 0) is 41.9 Å². The highest BCUT2D eigenvalue weighted by Gasteiger charge is 2.22. The fourth-order valence-corrected chi connectivity index (χ4v) is 2.05. The Morgan fingerprint density at radius 1 is 1.24 bits per heavy atom. The van der Waals surface area contributed by atoms with Crippen LogP contribution in [0.15, 0.2) is 24.3 Å². The van der Waals surface area contributed by atoms with E-state index in [1.807, 2.05) is 12.1 Å². The first-order valence-corrected chi connectivity index (χ1v) is 7.97. The van der Waals surface area contributed by atoms with Crippen molar-refractivity contribution in [3.05, 3.63) is 29.8 Å². The van der Waals surface area contributed by atoms with Gasteiger partial charge in [0, 0.05) is 24.7 Å². The van der Waals surface area contributed by atoms with Crippen LogP contribution in [-0.4, -0.2) is 11.9 Å². The first kappa shape index (κ1) is 16.0. The highest BCUT2D eigenvalue weighted by atomic mass is 16.1. The number of rotatable bonds is 6. The summed E-state index contributed by atoms with van der Waals surface area (Å²) in [6.45, 7) is 9.57. The minimum absolute atomic E-state index is 0.0984. The zero-order valence-electron chi connectivity index (χ0n) is 13.7. The van der Waals surface area contributed by atoms with E-state index < -0.39 is 0 Å². The Morgan fingerprint density at radius 3 is 2.38 bits per heavy atom. The van der Waals surface area contributed by atoms with Gasteiger partial charge in [-0.1, -0.05) is 39.8 Å². The van der Waals surface area contributed by atoms with E-state index in [2.05, 4.69) is 50.5 Å². The van der Waals surface area contributed by atoms with Gasteiger partial charge in [-0.2, -0.15) is 0 Å². The van der Waals surface area contributed by atoms with Crippen molar-refractivity contribution in [2.24, 2.45) is 11.3 Å². The van der Waals surface area contributed by atoms with E-state index >= 15 is 0 Å². The van der Waals surface area contributed by atoms with Crippen LogP contribution in [0.4, 0.5) is 5.69 Å². The monoisotopic (exact) mass is 288 g/mol. The Hall–Kier alpha value is -1.35. The second-order valence-electron chi connectivity index (χ2n) is 7.37. The quantitative estimate of drug-likeness (QED) is 0.832. The van der Waals surface area contributed by atoms with Gasteiger partial charge < -0.3 is 10.6 Å². The first-order valence-electron chi connectivity index (χ1n) is 7.97. The molecule has 0 aliphatic heterocycles. The van der Waals surface area contributed by atoms with Crippen LogP contribution in [0.3, 0.4) is 0 Å². The van der Waals surface area contributed by atoms with Crippen LogP contribution in [0.2, 0.25) is 0 Å². The molecule has 0 heterocycles. The average molecular weight is 288 g/mol. The predicted molar refractivity (Wildman–Crippen MR) is 88.2 cm³/mol. The van der Waals surface area contributed by atoms with E-state index in [0.717, 1.165) is 18.3 Å². The van der Waals surface area contributed by atoms with Crippen molar-refractivity contribution in [1.82, 2.24) is 5.32 Å². The normalized spacial score (nSPS) is 16.6. The third-order valence-corrected chi connectivity index (χ3v) is 4.38. The summed E-state index contributed by atoms with van der Waals surface area (Å²) in [6, 6.07) is 8.87. The van der Waals surface area contributed by atoms with Gasteiger partial charge in [-0.3, -0.25) is 4.79 Å². The number of nitrogens with one attached hydrogen (secondary N) is 2. The SMILES string of the molecule is CC(CC(=O)Nc1ccc(CNC2CC2)cc1)C(C)(C)C. The molecule has 1 fully saturated rings. The topological polar surface area (TPSA) is 41.1 Å². The van der Waals surface area contributed by atoms with E-state index in [0.29, 0.717) is 12.3 Å². The lowest BCUT2D eigenvalue weighted by atomic mass is 9.80. The van der Waals surface area contributed by atoms with E-state index in [-0.39, 0.29) is 11.3 Å².